The predicted octanol–water partition coefficient (Wildman–Crippen LogP) is 1.70. The molecule has 1 aromatic carbocycles. The van der Waals surface area contributed by atoms with Crippen molar-refractivity contribution in [1.82, 2.24) is 5.32 Å². The Labute approximate surface area is 116 Å². The van der Waals surface area contributed by atoms with E-state index in [1.807, 2.05) is 0 Å². The number of benzene rings is 1. The maximum Gasteiger partial charge on any atom is 0.280 e. The Hall–Kier alpha value is -2.44. The van der Waals surface area contributed by atoms with Crippen LogP contribution in [0.25, 0.3) is 0 Å². The number of rotatable bonds is 7. The van der Waals surface area contributed by atoms with Crippen molar-refractivity contribution < 1.29 is 19.2 Å². The number of methoxy groups -OCH3 is 1. The van der Waals surface area contributed by atoms with Crippen molar-refractivity contribution in [3.63, 3.8) is 0 Å². The molecule has 0 atom stereocenters. The highest BCUT2D eigenvalue weighted by Crippen LogP contribution is 2.25. The Bertz CT molecular complexity index is 527. The van der Waals surface area contributed by atoms with E-state index >= 15 is 0 Å². The molecule has 0 saturated heterocycles. The molecule has 0 saturated carbocycles. The number of nitrogens with one attached hydrogen (secondary N) is 1. The molecule has 0 spiro atoms. The van der Waals surface area contributed by atoms with Crippen LogP contribution in [0.15, 0.2) is 18.2 Å². The van der Waals surface area contributed by atoms with Crippen LogP contribution in [0.2, 0.25) is 0 Å². The lowest BCUT2D eigenvalue weighted by atomic mass is 10.1. The van der Waals surface area contributed by atoms with Crippen molar-refractivity contribution in [2.45, 2.75) is 19.8 Å². The zero-order valence-electron chi connectivity index (χ0n) is 11.3. The summed E-state index contributed by atoms with van der Waals surface area (Å²) < 4.78 is 4.96. The van der Waals surface area contributed by atoms with Gasteiger partial charge in [-0.25, -0.2) is 0 Å². The number of carbonyl (C=O) groups is 2. The van der Waals surface area contributed by atoms with Crippen LogP contribution in [0.5, 0.6) is 5.75 Å². The average Bonchev–Trinajstić information content (AvgIpc) is 2.45. The van der Waals surface area contributed by atoms with Gasteiger partial charge in [-0.15, -0.1) is 0 Å². The van der Waals surface area contributed by atoms with E-state index in [0.29, 0.717) is 12.2 Å². The smallest absolute Gasteiger partial charge is 0.280 e. The fourth-order valence-electron chi connectivity index (χ4n) is 1.60. The number of amides is 1. The summed E-state index contributed by atoms with van der Waals surface area (Å²) in [5, 5.41) is 13.4. The number of Topliss-reactive ketones (excluding diaryl/α,β-unsaturated/α-hetero) is 1. The Kier molecular flexibility index (Phi) is 5.64. The molecule has 7 heteroatoms. The first-order valence-corrected chi connectivity index (χ1v) is 6.12. The average molecular weight is 280 g/mol. The van der Waals surface area contributed by atoms with Gasteiger partial charge in [0.25, 0.3) is 5.69 Å². The maximum atomic E-state index is 12.0. The minimum absolute atomic E-state index is 0.000250. The fraction of sp³-hybridized carbons (Fsp3) is 0.385. The molecule has 0 heterocycles. The summed E-state index contributed by atoms with van der Waals surface area (Å²) in [6, 6.07) is 3.99. The topological polar surface area (TPSA) is 98.5 Å². The third kappa shape index (κ3) is 4.04. The highest BCUT2D eigenvalue weighted by Gasteiger charge is 2.20. The monoisotopic (exact) mass is 280 g/mol. The molecule has 1 rings (SSSR count). The Morgan fingerprint density at radius 3 is 2.65 bits per heavy atom. The summed E-state index contributed by atoms with van der Waals surface area (Å²) in [6.07, 6.45) is 0.327. The van der Waals surface area contributed by atoms with E-state index in [1.54, 1.807) is 6.92 Å². The molecule has 108 valence electrons. The molecule has 0 bridgehead atoms. The van der Waals surface area contributed by atoms with Crippen molar-refractivity contribution in [3.8, 4) is 5.75 Å². The summed E-state index contributed by atoms with van der Waals surface area (Å²) >= 11 is 0. The minimum Gasteiger partial charge on any atom is -0.497 e. The van der Waals surface area contributed by atoms with E-state index in [4.69, 9.17) is 4.74 Å². The molecule has 0 aliphatic heterocycles. The van der Waals surface area contributed by atoms with Gasteiger partial charge in [-0.1, -0.05) is 6.92 Å². The second-order valence-corrected chi connectivity index (χ2v) is 4.02. The van der Waals surface area contributed by atoms with Gasteiger partial charge in [0.15, 0.2) is 5.78 Å². The molecular formula is C13H16N2O5. The molecule has 0 radical (unpaired) electrons. The van der Waals surface area contributed by atoms with Crippen LogP contribution in [0, 0.1) is 10.1 Å². The largest absolute Gasteiger partial charge is 0.497 e. The second-order valence-electron chi connectivity index (χ2n) is 4.02. The predicted molar refractivity (Wildman–Crippen MR) is 71.9 cm³/mol. The molecule has 0 aliphatic carbocycles. The maximum absolute atomic E-state index is 12.0. The first kappa shape index (κ1) is 15.6. The van der Waals surface area contributed by atoms with Gasteiger partial charge in [-0.2, -0.15) is 0 Å². The third-order valence-corrected chi connectivity index (χ3v) is 2.70. The third-order valence-electron chi connectivity index (χ3n) is 2.70. The van der Waals surface area contributed by atoms with Crippen molar-refractivity contribution in [2.24, 2.45) is 0 Å². The lowest BCUT2D eigenvalue weighted by molar-refractivity contribution is -0.385. The second kappa shape index (κ2) is 7.22. The molecule has 1 amide bonds. The molecule has 7 nitrogen and oxygen atoms in total. The number of hydrogen-bond acceptors (Lipinski definition) is 5. The summed E-state index contributed by atoms with van der Waals surface area (Å²) in [5.74, 6) is -0.207. The van der Waals surface area contributed by atoms with Crippen molar-refractivity contribution in [1.29, 1.82) is 0 Å². The number of ketones is 1. The van der Waals surface area contributed by atoms with Gasteiger partial charge in [-0.05, 0) is 12.1 Å². The lowest BCUT2D eigenvalue weighted by Crippen LogP contribution is -2.25. The number of nitro groups is 1. The highest BCUT2D eigenvalue weighted by atomic mass is 16.6. The number of ether oxygens (including phenoxy) is 1. The Morgan fingerprint density at radius 1 is 1.40 bits per heavy atom. The summed E-state index contributed by atoms with van der Waals surface area (Å²) in [7, 11) is 1.41. The van der Waals surface area contributed by atoms with Gasteiger partial charge in [0.2, 0.25) is 5.91 Å². The minimum atomic E-state index is -0.614. The van der Waals surface area contributed by atoms with Crippen molar-refractivity contribution in [3.05, 3.63) is 33.9 Å². The normalized spacial score (nSPS) is 9.90. The Balaban J connectivity index is 2.84. The molecule has 20 heavy (non-hydrogen) atoms. The van der Waals surface area contributed by atoms with Crippen LogP contribution in [0.4, 0.5) is 5.69 Å². The molecular weight excluding hydrogens is 264 g/mol. The van der Waals surface area contributed by atoms with Gasteiger partial charge in [0.1, 0.15) is 5.75 Å². The van der Waals surface area contributed by atoms with Crippen molar-refractivity contribution in [2.75, 3.05) is 13.7 Å². The van der Waals surface area contributed by atoms with E-state index in [-0.39, 0.29) is 30.1 Å². The van der Waals surface area contributed by atoms with Crippen molar-refractivity contribution >= 4 is 17.4 Å². The molecule has 1 N–H and O–H groups in total. The molecule has 0 fully saturated rings. The first-order chi connectivity index (χ1) is 9.49. The van der Waals surface area contributed by atoms with Crippen LogP contribution in [0.3, 0.4) is 0 Å². The summed E-state index contributed by atoms with van der Waals surface area (Å²) in [5.41, 5.74) is -0.280. The first-order valence-electron chi connectivity index (χ1n) is 6.12. The van der Waals surface area contributed by atoms with Gasteiger partial charge in [-0.3, -0.25) is 19.7 Å². The van der Waals surface area contributed by atoms with Crippen LogP contribution >= 0.6 is 0 Å². The zero-order valence-corrected chi connectivity index (χ0v) is 11.3. The number of hydrogen-bond donors (Lipinski definition) is 1. The number of nitro benzene ring substituents is 1. The SMILES string of the molecule is CCC(=O)NCCC(=O)c1cc(OC)ccc1[N+](=O)[O-]. The molecule has 0 unspecified atom stereocenters. The summed E-state index contributed by atoms with van der Waals surface area (Å²) in [4.78, 5) is 33.3. The van der Waals surface area contributed by atoms with Gasteiger partial charge >= 0.3 is 0 Å². The van der Waals surface area contributed by atoms with Gasteiger partial charge in [0, 0.05) is 25.5 Å². The number of carbonyl (C=O) groups excluding carboxylic acids is 2. The Morgan fingerprint density at radius 2 is 2.10 bits per heavy atom. The van der Waals surface area contributed by atoms with E-state index in [1.165, 1.54) is 25.3 Å². The van der Waals surface area contributed by atoms with E-state index in [2.05, 4.69) is 5.32 Å². The lowest BCUT2D eigenvalue weighted by Gasteiger charge is -2.06. The van der Waals surface area contributed by atoms with Gasteiger partial charge < -0.3 is 10.1 Å². The zero-order chi connectivity index (χ0) is 15.1. The molecule has 0 aliphatic rings. The van der Waals surface area contributed by atoms with E-state index in [0.717, 1.165) is 0 Å². The van der Waals surface area contributed by atoms with Crippen LogP contribution in [-0.4, -0.2) is 30.3 Å². The molecule has 0 aromatic heterocycles. The quantitative estimate of drug-likeness (QED) is 0.465. The van der Waals surface area contributed by atoms with E-state index < -0.39 is 10.7 Å². The van der Waals surface area contributed by atoms with E-state index in [9.17, 15) is 19.7 Å². The van der Waals surface area contributed by atoms with Crippen LogP contribution in [-0.2, 0) is 4.79 Å². The summed E-state index contributed by atoms with van der Waals surface area (Å²) in [6.45, 7) is 1.85. The molecule has 1 aromatic rings. The van der Waals surface area contributed by atoms with Crippen LogP contribution in [0.1, 0.15) is 30.1 Å². The van der Waals surface area contributed by atoms with Gasteiger partial charge in [0.05, 0.1) is 17.6 Å². The highest BCUT2D eigenvalue weighted by molar-refractivity contribution is 6.00. The number of nitrogens with zero attached hydrogens (tertiary/aromatic N) is 1. The fourth-order valence-corrected chi connectivity index (χ4v) is 1.60. The standard InChI is InChI=1S/C13H16N2O5/c1-3-13(17)14-7-6-12(16)10-8-9(20-2)4-5-11(10)15(18)19/h4-5,8H,3,6-7H2,1-2H3,(H,14,17). The van der Waals surface area contributed by atoms with Crippen LogP contribution < -0.4 is 10.1 Å².